The van der Waals surface area contributed by atoms with Crippen LogP contribution in [0.5, 0.6) is 0 Å². The largest absolute Gasteiger partial charge is 0.361 e. The Morgan fingerprint density at radius 2 is 2.11 bits per heavy atom. The quantitative estimate of drug-likeness (QED) is 0.735. The normalized spacial score (nSPS) is 11.4. The molecule has 2 aromatic rings. The Hall–Kier alpha value is -1.41. The number of tetrazole rings is 1. The number of aromatic nitrogens is 5. The second-order valence-corrected chi connectivity index (χ2v) is 5.52. The fourth-order valence-electron chi connectivity index (χ4n) is 1.58. The van der Waals surface area contributed by atoms with Gasteiger partial charge in [-0.3, -0.25) is 0 Å². The zero-order valence-electron chi connectivity index (χ0n) is 11.6. The van der Waals surface area contributed by atoms with Crippen LogP contribution in [-0.2, 0) is 12.3 Å². The van der Waals surface area contributed by atoms with E-state index in [1.807, 2.05) is 32.6 Å². The summed E-state index contributed by atoms with van der Waals surface area (Å²) in [6.45, 7) is 5.56. The molecule has 8 heteroatoms. The van der Waals surface area contributed by atoms with Gasteiger partial charge in [0, 0.05) is 17.9 Å². The number of likely N-dealkylation sites (N-methyl/N-ethyl adjacent to an activating group) is 1. The molecule has 104 valence electrons. The smallest absolute Gasteiger partial charge is 0.209 e. The van der Waals surface area contributed by atoms with Gasteiger partial charge in [0.25, 0.3) is 0 Å². The van der Waals surface area contributed by atoms with E-state index < -0.39 is 0 Å². The van der Waals surface area contributed by atoms with Crippen LogP contribution in [0.2, 0.25) is 0 Å². The highest BCUT2D eigenvalue weighted by Crippen LogP contribution is 2.24. The molecule has 0 aromatic carbocycles. The Labute approximate surface area is 116 Å². The van der Waals surface area contributed by atoms with Crippen LogP contribution in [0.15, 0.2) is 9.68 Å². The Morgan fingerprint density at radius 3 is 2.74 bits per heavy atom. The number of rotatable bonds is 6. The van der Waals surface area contributed by atoms with Crippen LogP contribution >= 0.6 is 11.8 Å². The molecular weight excluding hydrogens is 264 g/mol. The van der Waals surface area contributed by atoms with Crippen molar-refractivity contribution in [2.75, 3.05) is 20.6 Å². The van der Waals surface area contributed by atoms with Gasteiger partial charge in [-0.25, -0.2) is 4.68 Å². The third-order valence-electron chi connectivity index (χ3n) is 2.78. The molecule has 0 saturated carbocycles. The maximum atomic E-state index is 5.15. The predicted molar refractivity (Wildman–Crippen MR) is 71.9 cm³/mol. The number of aryl methyl sites for hydroxylation is 2. The summed E-state index contributed by atoms with van der Waals surface area (Å²) in [5.74, 6) is 1.63. The van der Waals surface area contributed by atoms with Gasteiger partial charge in [-0.05, 0) is 38.4 Å². The first-order chi connectivity index (χ1) is 9.08. The highest BCUT2D eigenvalue weighted by molar-refractivity contribution is 7.98. The summed E-state index contributed by atoms with van der Waals surface area (Å²) < 4.78 is 6.97. The van der Waals surface area contributed by atoms with Crippen LogP contribution in [0.1, 0.15) is 17.0 Å². The van der Waals surface area contributed by atoms with Crippen molar-refractivity contribution in [3.8, 4) is 0 Å². The van der Waals surface area contributed by atoms with Crippen molar-refractivity contribution in [1.29, 1.82) is 0 Å². The predicted octanol–water partition coefficient (Wildman–Crippen LogP) is 1.13. The van der Waals surface area contributed by atoms with Crippen molar-refractivity contribution in [1.82, 2.24) is 30.3 Å². The van der Waals surface area contributed by atoms with Gasteiger partial charge in [-0.1, -0.05) is 16.9 Å². The molecule has 0 saturated heterocycles. The highest BCUT2D eigenvalue weighted by atomic mass is 32.2. The summed E-state index contributed by atoms with van der Waals surface area (Å²) in [7, 11) is 4.06. The van der Waals surface area contributed by atoms with Crippen molar-refractivity contribution in [2.45, 2.75) is 31.3 Å². The van der Waals surface area contributed by atoms with Crippen molar-refractivity contribution in [2.24, 2.45) is 0 Å². The number of thioether (sulfide) groups is 1. The molecule has 0 unspecified atom stereocenters. The van der Waals surface area contributed by atoms with Gasteiger partial charge >= 0.3 is 0 Å². The summed E-state index contributed by atoms with van der Waals surface area (Å²) in [6, 6.07) is 0. The van der Waals surface area contributed by atoms with E-state index in [1.165, 1.54) is 0 Å². The SMILES string of the molecule is Cc1noc(C)c1CSc1nnnn1CCN(C)C. The van der Waals surface area contributed by atoms with E-state index in [1.54, 1.807) is 11.8 Å². The van der Waals surface area contributed by atoms with Crippen LogP contribution in [0.4, 0.5) is 0 Å². The van der Waals surface area contributed by atoms with Gasteiger partial charge in [0.05, 0.1) is 12.2 Å². The zero-order chi connectivity index (χ0) is 13.8. The first kappa shape index (κ1) is 14.0. The zero-order valence-corrected chi connectivity index (χ0v) is 12.4. The average Bonchev–Trinajstić information content (AvgIpc) is 2.92. The molecular formula is C11H18N6OS. The average molecular weight is 282 g/mol. The molecule has 0 spiro atoms. The number of hydrogen-bond acceptors (Lipinski definition) is 7. The van der Waals surface area contributed by atoms with Crippen molar-refractivity contribution < 1.29 is 4.52 Å². The fraction of sp³-hybridized carbons (Fsp3) is 0.636. The Bertz CT molecular complexity index is 516. The molecule has 7 nitrogen and oxygen atoms in total. The van der Waals surface area contributed by atoms with Gasteiger partial charge in [0.1, 0.15) is 5.76 Å². The molecule has 0 bridgehead atoms. The summed E-state index contributed by atoms with van der Waals surface area (Å²) in [5.41, 5.74) is 2.05. The van der Waals surface area contributed by atoms with E-state index in [9.17, 15) is 0 Å². The Kier molecular flexibility index (Phi) is 4.54. The lowest BCUT2D eigenvalue weighted by Gasteiger charge is -2.09. The van der Waals surface area contributed by atoms with Crippen LogP contribution in [-0.4, -0.2) is 50.9 Å². The molecule has 0 aliphatic heterocycles. The van der Waals surface area contributed by atoms with Gasteiger partial charge in [0.2, 0.25) is 5.16 Å². The van der Waals surface area contributed by atoms with Crippen LogP contribution < -0.4 is 0 Å². The van der Waals surface area contributed by atoms with E-state index in [0.717, 1.165) is 41.0 Å². The molecule has 19 heavy (non-hydrogen) atoms. The van der Waals surface area contributed by atoms with E-state index in [4.69, 9.17) is 4.52 Å². The minimum absolute atomic E-state index is 0.767. The highest BCUT2D eigenvalue weighted by Gasteiger charge is 2.12. The minimum Gasteiger partial charge on any atom is -0.361 e. The maximum Gasteiger partial charge on any atom is 0.209 e. The fourth-order valence-corrected chi connectivity index (χ4v) is 2.64. The first-order valence-electron chi connectivity index (χ1n) is 6.03. The topological polar surface area (TPSA) is 72.9 Å². The van der Waals surface area contributed by atoms with Gasteiger partial charge in [0.15, 0.2) is 0 Å². The summed E-state index contributed by atoms with van der Waals surface area (Å²) in [5, 5.41) is 16.5. The number of hydrogen-bond donors (Lipinski definition) is 0. The van der Waals surface area contributed by atoms with Crippen molar-refractivity contribution >= 4 is 11.8 Å². The third kappa shape index (κ3) is 3.54. The molecule has 0 N–H and O–H groups in total. The summed E-state index contributed by atoms with van der Waals surface area (Å²) in [4.78, 5) is 2.10. The molecule has 0 fully saturated rings. The standard InChI is InChI=1S/C11H18N6OS/c1-8-10(9(2)18-13-8)7-19-11-12-14-15-17(11)6-5-16(3)4/h5-7H2,1-4H3. The number of nitrogens with zero attached hydrogens (tertiary/aromatic N) is 6. The summed E-state index contributed by atoms with van der Waals surface area (Å²) >= 11 is 1.60. The first-order valence-corrected chi connectivity index (χ1v) is 7.02. The van der Waals surface area contributed by atoms with Crippen LogP contribution in [0.3, 0.4) is 0 Å². The molecule has 0 amide bonds. The van der Waals surface area contributed by atoms with Crippen LogP contribution in [0.25, 0.3) is 0 Å². The molecule has 2 rings (SSSR count). The summed E-state index contributed by atoms with van der Waals surface area (Å²) in [6.07, 6.45) is 0. The van der Waals surface area contributed by atoms with Crippen LogP contribution in [0, 0.1) is 13.8 Å². The molecule has 0 radical (unpaired) electrons. The van der Waals surface area contributed by atoms with E-state index in [2.05, 4.69) is 25.6 Å². The van der Waals surface area contributed by atoms with Gasteiger partial charge in [-0.15, -0.1) is 5.10 Å². The lowest BCUT2D eigenvalue weighted by molar-refractivity contribution is 0.361. The van der Waals surface area contributed by atoms with E-state index >= 15 is 0 Å². The Balaban J connectivity index is 1.98. The van der Waals surface area contributed by atoms with E-state index in [-0.39, 0.29) is 0 Å². The molecule has 2 heterocycles. The Morgan fingerprint density at radius 1 is 1.32 bits per heavy atom. The van der Waals surface area contributed by atoms with Gasteiger partial charge in [-0.2, -0.15) is 0 Å². The second-order valence-electron chi connectivity index (χ2n) is 4.58. The molecule has 0 aliphatic carbocycles. The maximum absolute atomic E-state index is 5.15. The van der Waals surface area contributed by atoms with E-state index in [0.29, 0.717) is 0 Å². The second kappa shape index (κ2) is 6.16. The molecule has 2 aromatic heterocycles. The minimum atomic E-state index is 0.767. The third-order valence-corrected chi connectivity index (χ3v) is 3.77. The molecule has 0 aliphatic rings. The van der Waals surface area contributed by atoms with Crippen molar-refractivity contribution in [3.05, 3.63) is 17.0 Å². The molecule has 0 atom stereocenters. The van der Waals surface area contributed by atoms with Crippen molar-refractivity contribution in [3.63, 3.8) is 0 Å². The lowest BCUT2D eigenvalue weighted by Crippen LogP contribution is -2.19. The lowest BCUT2D eigenvalue weighted by atomic mass is 10.2. The monoisotopic (exact) mass is 282 g/mol. The van der Waals surface area contributed by atoms with Gasteiger partial charge < -0.3 is 9.42 Å².